The number of nitrogens with one attached hydrogen (secondary N) is 1. The first-order chi connectivity index (χ1) is 7.79. The van der Waals surface area contributed by atoms with Crippen molar-refractivity contribution in [1.82, 2.24) is 10.3 Å². The normalized spacial score (nSPS) is 10.9. The Kier molecular flexibility index (Phi) is 4.15. The predicted octanol–water partition coefficient (Wildman–Crippen LogP) is 3.32. The zero-order valence-corrected chi connectivity index (χ0v) is 11.4. The lowest BCUT2D eigenvalue weighted by atomic mass is 10.4. The number of aromatic nitrogens is 1. The van der Waals surface area contributed by atoms with Gasteiger partial charge < -0.3 is 9.73 Å². The molecule has 2 rings (SSSR count). The van der Waals surface area contributed by atoms with Crippen LogP contribution < -0.4 is 5.32 Å². The van der Waals surface area contributed by atoms with Gasteiger partial charge in [0.05, 0.1) is 14.9 Å². The van der Waals surface area contributed by atoms with Crippen molar-refractivity contribution in [3.05, 3.63) is 28.0 Å². The number of halogens is 1. The molecule has 5 heteroatoms. The third-order valence-corrected chi connectivity index (χ3v) is 3.77. The van der Waals surface area contributed by atoms with Crippen LogP contribution in [0.3, 0.4) is 0 Å². The molecular formula is C11H13BrN2OS. The molecule has 0 atom stereocenters. The Morgan fingerprint density at radius 2 is 2.38 bits per heavy atom. The van der Waals surface area contributed by atoms with Gasteiger partial charge in [0, 0.05) is 13.0 Å². The first-order valence-corrected chi connectivity index (χ1v) is 6.81. The second-order valence-electron chi connectivity index (χ2n) is 3.33. The third kappa shape index (κ3) is 2.93. The highest BCUT2D eigenvalue weighted by molar-refractivity contribution is 9.11. The van der Waals surface area contributed by atoms with Crippen LogP contribution in [-0.4, -0.2) is 18.1 Å². The minimum atomic E-state index is 0.792. The standard InChI is InChI=1S/C11H13BrN2OS/c1-2-13-6-5-11-14-7-8(15-11)9-3-4-10(12)16-9/h3-4,7,13H,2,5-6H2,1H3. The average Bonchev–Trinajstić information content (AvgIpc) is 2.87. The quantitative estimate of drug-likeness (QED) is 0.861. The van der Waals surface area contributed by atoms with E-state index in [1.165, 1.54) is 0 Å². The van der Waals surface area contributed by atoms with Gasteiger partial charge in [-0.15, -0.1) is 11.3 Å². The van der Waals surface area contributed by atoms with Crippen LogP contribution in [0.4, 0.5) is 0 Å². The SMILES string of the molecule is CCNCCc1ncc(-c2ccc(Br)s2)o1. The second-order valence-corrected chi connectivity index (χ2v) is 5.79. The summed E-state index contributed by atoms with van der Waals surface area (Å²) in [7, 11) is 0. The van der Waals surface area contributed by atoms with E-state index in [1.807, 2.05) is 12.1 Å². The van der Waals surface area contributed by atoms with Gasteiger partial charge in [-0.1, -0.05) is 6.92 Å². The molecule has 0 aliphatic rings. The fourth-order valence-corrected chi connectivity index (χ4v) is 2.69. The summed E-state index contributed by atoms with van der Waals surface area (Å²) >= 11 is 5.08. The molecule has 0 amide bonds. The van der Waals surface area contributed by atoms with Crippen molar-refractivity contribution in [3.63, 3.8) is 0 Å². The number of hydrogen-bond acceptors (Lipinski definition) is 4. The van der Waals surface area contributed by atoms with Crippen LogP contribution in [0.1, 0.15) is 12.8 Å². The molecule has 2 heterocycles. The Morgan fingerprint density at radius 3 is 3.06 bits per heavy atom. The second kappa shape index (κ2) is 5.61. The minimum absolute atomic E-state index is 0.792. The summed E-state index contributed by atoms with van der Waals surface area (Å²) in [6.45, 7) is 3.97. The summed E-state index contributed by atoms with van der Waals surface area (Å²) in [5.74, 6) is 1.64. The fraction of sp³-hybridized carbons (Fsp3) is 0.364. The molecular weight excluding hydrogens is 288 g/mol. The van der Waals surface area contributed by atoms with Crippen molar-refractivity contribution in [2.45, 2.75) is 13.3 Å². The molecule has 2 aromatic heterocycles. The van der Waals surface area contributed by atoms with Crippen molar-refractivity contribution in [2.24, 2.45) is 0 Å². The summed E-state index contributed by atoms with van der Waals surface area (Å²) in [5.41, 5.74) is 0. The molecule has 1 N–H and O–H groups in total. The molecule has 86 valence electrons. The maximum atomic E-state index is 5.67. The Balaban J connectivity index is 2.02. The van der Waals surface area contributed by atoms with Gasteiger partial charge in [0.15, 0.2) is 11.7 Å². The van der Waals surface area contributed by atoms with Gasteiger partial charge >= 0.3 is 0 Å². The van der Waals surface area contributed by atoms with Gasteiger partial charge in [-0.05, 0) is 34.6 Å². The predicted molar refractivity (Wildman–Crippen MR) is 69.8 cm³/mol. The first-order valence-electron chi connectivity index (χ1n) is 5.20. The summed E-state index contributed by atoms with van der Waals surface area (Å²) in [5, 5.41) is 3.24. The summed E-state index contributed by atoms with van der Waals surface area (Å²) in [6, 6.07) is 4.05. The van der Waals surface area contributed by atoms with Gasteiger partial charge in [-0.2, -0.15) is 0 Å². The number of oxazole rings is 1. The van der Waals surface area contributed by atoms with Gasteiger partial charge in [0.2, 0.25) is 0 Å². The Morgan fingerprint density at radius 1 is 1.50 bits per heavy atom. The highest BCUT2D eigenvalue weighted by Crippen LogP contribution is 2.31. The van der Waals surface area contributed by atoms with Gasteiger partial charge in [0.25, 0.3) is 0 Å². The maximum absolute atomic E-state index is 5.67. The molecule has 0 aliphatic heterocycles. The van der Waals surface area contributed by atoms with E-state index in [1.54, 1.807) is 17.5 Å². The van der Waals surface area contributed by atoms with Gasteiger partial charge in [-0.3, -0.25) is 0 Å². The van der Waals surface area contributed by atoms with E-state index in [0.29, 0.717) is 0 Å². The van der Waals surface area contributed by atoms with Crippen molar-refractivity contribution >= 4 is 27.3 Å². The Bertz CT molecular complexity index is 452. The van der Waals surface area contributed by atoms with Crippen molar-refractivity contribution in [1.29, 1.82) is 0 Å². The van der Waals surface area contributed by atoms with E-state index in [2.05, 4.69) is 33.2 Å². The van der Waals surface area contributed by atoms with Crippen LogP contribution in [0.25, 0.3) is 10.6 Å². The molecule has 0 radical (unpaired) electrons. The third-order valence-electron chi connectivity index (χ3n) is 2.14. The van der Waals surface area contributed by atoms with Gasteiger partial charge in [-0.25, -0.2) is 4.98 Å². The number of thiophene rings is 1. The highest BCUT2D eigenvalue weighted by atomic mass is 79.9. The lowest BCUT2D eigenvalue weighted by Gasteiger charge is -1.96. The van der Waals surface area contributed by atoms with E-state index >= 15 is 0 Å². The maximum Gasteiger partial charge on any atom is 0.196 e. The van der Waals surface area contributed by atoms with Crippen LogP contribution in [0.5, 0.6) is 0 Å². The highest BCUT2D eigenvalue weighted by Gasteiger charge is 2.07. The van der Waals surface area contributed by atoms with Crippen molar-refractivity contribution < 1.29 is 4.42 Å². The zero-order valence-electron chi connectivity index (χ0n) is 9.00. The molecule has 0 saturated heterocycles. The minimum Gasteiger partial charge on any atom is -0.440 e. The number of likely N-dealkylation sites (N-methyl/N-ethyl adjacent to an activating group) is 1. The van der Waals surface area contributed by atoms with Crippen molar-refractivity contribution in [3.8, 4) is 10.6 Å². The van der Waals surface area contributed by atoms with Crippen LogP contribution >= 0.6 is 27.3 Å². The topological polar surface area (TPSA) is 38.1 Å². The number of hydrogen-bond donors (Lipinski definition) is 1. The molecule has 0 bridgehead atoms. The molecule has 3 nitrogen and oxygen atoms in total. The number of rotatable bonds is 5. The fourth-order valence-electron chi connectivity index (χ4n) is 1.36. The Labute approximate surface area is 107 Å². The molecule has 0 aromatic carbocycles. The van der Waals surface area contributed by atoms with Crippen LogP contribution in [0, 0.1) is 0 Å². The lowest BCUT2D eigenvalue weighted by molar-refractivity contribution is 0.498. The van der Waals surface area contributed by atoms with E-state index < -0.39 is 0 Å². The van der Waals surface area contributed by atoms with E-state index in [4.69, 9.17) is 4.42 Å². The monoisotopic (exact) mass is 300 g/mol. The van der Waals surface area contributed by atoms with Crippen LogP contribution in [0.2, 0.25) is 0 Å². The summed E-state index contributed by atoms with van der Waals surface area (Å²) in [6.07, 6.45) is 2.62. The first kappa shape index (κ1) is 11.8. The van der Waals surface area contributed by atoms with Crippen LogP contribution in [0.15, 0.2) is 26.5 Å². The largest absolute Gasteiger partial charge is 0.440 e. The molecule has 0 unspecified atom stereocenters. The molecule has 0 saturated carbocycles. The van der Waals surface area contributed by atoms with Gasteiger partial charge in [0.1, 0.15) is 0 Å². The average molecular weight is 301 g/mol. The Hall–Kier alpha value is -0.650. The van der Waals surface area contributed by atoms with E-state index in [9.17, 15) is 0 Å². The lowest BCUT2D eigenvalue weighted by Crippen LogP contribution is -2.16. The zero-order chi connectivity index (χ0) is 11.4. The molecule has 0 fully saturated rings. The van der Waals surface area contributed by atoms with E-state index in [-0.39, 0.29) is 0 Å². The number of nitrogens with zero attached hydrogens (tertiary/aromatic N) is 1. The van der Waals surface area contributed by atoms with Crippen LogP contribution in [-0.2, 0) is 6.42 Å². The molecule has 16 heavy (non-hydrogen) atoms. The van der Waals surface area contributed by atoms with Crippen molar-refractivity contribution in [2.75, 3.05) is 13.1 Å². The summed E-state index contributed by atoms with van der Waals surface area (Å²) in [4.78, 5) is 5.36. The van der Waals surface area contributed by atoms with E-state index in [0.717, 1.165) is 39.8 Å². The molecule has 0 aliphatic carbocycles. The smallest absolute Gasteiger partial charge is 0.196 e. The molecule has 2 aromatic rings. The summed E-state index contributed by atoms with van der Waals surface area (Å²) < 4.78 is 6.77. The molecule has 0 spiro atoms.